The van der Waals surface area contributed by atoms with Crippen molar-refractivity contribution in [2.75, 3.05) is 45.3 Å². The van der Waals surface area contributed by atoms with E-state index in [1.807, 2.05) is 122 Å². The normalized spacial score (nSPS) is 20.2. The molecule has 7 heteroatoms. The molecule has 4 aromatic rings. The van der Waals surface area contributed by atoms with Crippen molar-refractivity contribution in [1.29, 1.82) is 0 Å². The Morgan fingerprint density at radius 3 is 1.62 bits per heavy atom. The zero-order valence-electron chi connectivity index (χ0n) is 32.7. The first kappa shape index (κ1) is 38.4. The summed E-state index contributed by atoms with van der Waals surface area (Å²) in [7, 11) is -0.830. The lowest BCUT2D eigenvalue weighted by Crippen LogP contribution is -2.61. The Hall–Kier alpha value is -4.35. The van der Waals surface area contributed by atoms with Crippen LogP contribution in [0.4, 0.5) is 5.69 Å². The summed E-state index contributed by atoms with van der Waals surface area (Å²) in [6.45, 7) is 16.4. The van der Waals surface area contributed by atoms with Crippen molar-refractivity contribution in [2.45, 2.75) is 65.6 Å². The van der Waals surface area contributed by atoms with E-state index >= 15 is 14.2 Å². The van der Waals surface area contributed by atoms with Crippen LogP contribution in [-0.4, -0.2) is 61.9 Å². The van der Waals surface area contributed by atoms with Gasteiger partial charge in [0.25, 0.3) is 0 Å². The highest BCUT2D eigenvalue weighted by Gasteiger charge is 2.68. The fraction of sp³-hybridized carbons (Fsp3) is 0.348. The van der Waals surface area contributed by atoms with Gasteiger partial charge in [0.2, 0.25) is 18.2 Å². The molecule has 0 saturated carbocycles. The number of anilines is 1. The van der Waals surface area contributed by atoms with Crippen LogP contribution in [0.2, 0.25) is 0 Å². The van der Waals surface area contributed by atoms with E-state index in [0.717, 1.165) is 41.0 Å². The molecule has 276 valence electrons. The number of benzene rings is 4. The van der Waals surface area contributed by atoms with Crippen LogP contribution in [0.25, 0.3) is 0 Å². The van der Waals surface area contributed by atoms with Crippen LogP contribution in [0, 0.1) is 48.5 Å². The van der Waals surface area contributed by atoms with Gasteiger partial charge in [-0.25, -0.2) is 0 Å². The highest BCUT2D eigenvalue weighted by Crippen LogP contribution is 2.74. The summed E-state index contributed by atoms with van der Waals surface area (Å²) in [4.78, 5) is 36.2. The summed E-state index contributed by atoms with van der Waals surface area (Å²) in [6.07, 6.45) is 8.23. The van der Waals surface area contributed by atoms with Crippen molar-refractivity contribution in [3.05, 3.63) is 158 Å². The van der Waals surface area contributed by atoms with E-state index in [1.165, 1.54) is 0 Å². The Bertz CT molecular complexity index is 2040. The minimum Gasteiger partial charge on any atom is -0.378 e. The summed E-state index contributed by atoms with van der Waals surface area (Å²) < 4.78 is 23.0. The van der Waals surface area contributed by atoms with E-state index in [1.54, 1.807) is 0 Å². The Balaban J connectivity index is 1.75. The lowest BCUT2D eigenvalue weighted by atomic mass is 9.71. The van der Waals surface area contributed by atoms with Gasteiger partial charge < -0.3 is 14.2 Å². The number of allylic oxidation sites excluding steroid dienone is 2. The molecule has 1 aliphatic carbocycles. The highest BCUT2D eigenvalue weighted by molar-refractivity contribution is 7.96. The van der Waals surface area contributed by atoms with Gasteiger partial charge in [0.1, 0.15) is 5.16 Å². The molecule has 0 amide bonds. The van der Waals surface area contributed by atoms with Crippen LogP contribution in [0.1, 0.15) is 70.8 Å². The van der Waals surface area contributed by atoms with E-state index in [-0.39, 0.29) is 0 Å². The minimum atomic E-state index is -4.77. The average Bonchev–Trinajstić information content (AvgIpc) is 3.12. The summed E-state index contributed by atoms with van der Waals surface area (Å²) in [6, 6.07) is 24.2. The van der Waals surface area contributed by atoms with Gasteiger partial charge in [0, 0.05) is 29.9 Å². The molecule has 6 rings (SSSR count). The second-order valence-corrected chi connectivity index (χ2v) is 18.1. The van der Waals surface area contributed by atoms with Crippen LogP contribution in [0.15, 0.2) is 97.1 Å². The monoisotopic (exact) mass is 728 g/mol. The van der Waals surface area contributed by atoms with Gasteiger partial charge in [-0.3, -0.25) is 14.5 Å². The maximum absolute atomic E-state index is 17.4. The van der Waals surface area contributed by atoms with Crippen molar-refractivity contribution in [3.8, 4) is 0 Å². The summed E-state index contributed by atoms with van der Waals surface area (Å²) in [5.74, 6) is 0. The zero-order valence-corrected chi connectivity index (χ0v) is 33.6. The first-order chi connectivity index (χ1) is 25.2. The smallest absolute Gasteiger partial charge is 0.237 e. The lowest BCUT2D eigenvalue weighted by Gasteiger charge is -2.55. The number of ether oxygens (including phenoxy) is 1. The standard InChI is InChI=1S/C46H53N2O4P/c1-31-12-14-38(15-13-31)30-45(47(8)9)20-10-11-21-46(45,39-16-18-40(19-17-39)48-22-24-52-25-23-48)53(51,43(49)41-34(4)26-32(2)27-35(41)5)44(50)42-36(6)28-33(3)29-37(42)7/h10-21,26-29H,22-25,30H2,1-9H3. The van der Waals surface area contributed by atoms with Crippen molar-refractivity contribution in [1.82, 2.24) is 4.90 Å². The zero-order chi connectivity index (χ0) is 38.3. The predicted octanol–water partition coefficient (Wildman–Crippen LogP) is 9.59. The van der Waals surface area contributed by atoms with Gasteiger partial charge in [0.15, 0.2) is 0 Å². The third-order valence-corrected chi connectivity index (χ3v) is 14.8. The van der Waals surface area contributed by atoms with E-state index in [0.29, 0.717) is 58.6 Å². The molecule has 0 bridgehead atoms. The fourth-order valence-electron chi connectivity index (χ4n) is 8.96. The molecule has 2 aliphatic rings. The Labute approximate surface area is 315 Å². The molecule has 4 aromatic carbocycles. The second-order valence-electron chi connectivity index (χ2n) is 15.4. The SMILES string of the molecule is Cc1ccc(CC2(N(C)C)C=CC=CC2(c2ccc(N3CCOCC3)cc2)P(=O)(C(=O)c2c(C)cc(C)cc2C)C(=O)c2c(C)cc(C)cc2C)cc1. The fourth-order valence-corrected chi connectivity index (χ4v) is 12.8. The quantitative estimate of drug-likeness (QED) is 0.152. The minimum absolute atomic E-state index is 0.352. The first-order valence-electron chi connectivity index (χ1n) is 18.5. The number of hydrogen-bond donors (Lipinski definition) is 0. The Morgan fingerprint density at radius 1 is 0.679 bits per heavy atom. The van der Waals surface area contributed by atoms with Gasteiger partial charge in [-0.2, -0.15) is 0 Å². The summed E-state index contributed by atoms with van der Waals surface area (Å²) in [5, 5.41) is -1.62. The van der Waals surface area contributed by atoms with Gasteiger partial charge >= 0.3 is 0 Å². The molecule has 0 aromatic heterocycles. The molecule has 0 spiro atoms. The molecule has 53 heavy (non-hydrogen) atoms. The molecular weight excluding hydrogens is 675 g/mol. The van der Waals surface area contributed by atoms with Gasteiger partial charge in [-0.05, 0) is 114 Å². The number of hydrogen-bond acceptors (Lipinski definition) is 6. The number of carbonyl (C=O) groups is 2. The van der Waals surface area contributed by atoms with Crippen molar-refractivity contribution in [2.24, 2.45) is 0 Å². The third kappa shape index (κ3) is 6.49. The van der Waals surface area contributed by atoms with Crippen LogP contribution < -0.4 is 4.90 Å². The molecule has 1 aliphatic heterocycles. The number of carbonyl (C=O) groups excluding carboxylic acids is 2. The van der Waals surface area contributed by atoms with Crippen LogP contribution in [0.3, 0.4) is 0 Å². The van der Waals surface area contributed by atoms with Gasteiger partial charge in [0.05, 0.1) is 18.8 Å². The number of rotatable bonds is 10. The molecule has 2 atom stereocenters. The largest absolute Gasteiger partial charge is 0.378 e. The summed E-state index contributed by atoms with van der Waals surface area (Å²) in [5.41, 5.74) is 7.02. The summed E-state index contributed by atoms with van der Waals surface area (Å²) >= 11 is 0. The molecule has 0 radical (unpaired) electrons. The molecule has 6 nitrogen and oxygen atoms in total. The maximum atomic E-state index is 17.4. The number of aryl methyl sites for hydroxylation is 7. The highest BCUT2D eigenvalue weighted by atomic mass is 31.2. The van der Waals surface area contributed by atoms with Crippen LogP contribution in [-0.2, 0) is 20.9 Å². The van der Waals surface area contributed by atoms with Crippen LogP contribution in [0.5, 0.6) is 0 Å². The number of nitrogens with zero attached hydrogens (tertiary/aromatic N) is 2. The molecule has 1 fully saturated rings. The molecule has 0 N–H and O–H groups in total. The maximum Gasteiger partial charge on any atom is 0.237 e. The van der Waals surface area contributed by atoms with Gasteiger partial charge in [-0.15, -0.1) is 0 Å². The number of likely N-dealkylation sites (N-methyl/N-ethyl adjacent to an activating group) is 1. The lowest BCUT2D eigenvalue weighted by molar-refractivity contribution is 0.100. The second kappa shape index (κ2) is 14.8. The first-order valence-corrected chi connectivity index (χ1v) is 20.3. The van der Waals surface area contributed by atoms with Gasteiger partial charge in [-0.1, -0.05) is 102 Å². The topological polar surface area (TPSA) is 66.9 Å². The van der Waals surface area contributed by atoms with E-state index in [2.05, 4.69) is 47.1 Å². The van der Waals surface area contributed by atoms with E-state index < -0.39 is 28.9 Å². The molecule has 1 saturated heterocycles. The molecule has 2 unspecified atom stereocenters. The van der Waals surface area contributed by atoms with E-state index in [9.17, 15) is 0 Å². The third-order valence-electron chi connectivity index (χ3n) is 11.4. The average molecular weight is 729 g/mol. The van der Waals surface area contributed by atoms with Crippen molar-refractivity contribution < 1.29 is 18.9 Å². The van der Waals surface area contributed by atoms with Crippen molar-refractivity contribution in [3.63, 3.8) is 0 Å². The van der Waals surface area contributed by atoms with Crippen molar-refractivity contribution >= 4 is 23.9 Å². The Kier molecular flexibility index (Phi) is 10.7. The molecule has 1 heterocycles. The predicted molar refractivity (Wildman–Crippen MR) is 218 cm³/mol. The Morgan fingerprint density at radius 2 is 1.15 bits per heavy atom. The van der Waals surface area contributed by atoms with Crippen LogP contribution >= 0.6 is 7.14 Å². The molecular formula is C46H53N2O4P. The van der Waals surface area contributed by atoms with E-state index in [4.69, 9.17) is 4.74 Å². The number of morpholine rings is 1.